The van der Waals surface area contributed by atoms with Gasteiger partial charge in [-0.25, -0.2) is 0 Å². The molecule has 0 amide bonds. The molecule has 0 fully saturated rings. The van der Waals surface area contributed by atoms with Gasteiger partial charge in [-0.3, -0.25) is 9.50 Å². The Hall–Kier alpha value is -2.29. The van der Waals surface area contributed by atoms with Gasteiger partial charge >= 0.3 is 6.18 Å². The van der Waals surface area contributed by atoms with Gasteiger partial charge < -0.3 is 5.73 Å². The van der Waals surface area contributed by atoms with E-state index in [0.29, 0.717) is 5.69 Å². The van der Waals surface area contributed by atoms with Gasteiger partial charge in [0.1, 0.15) is 11.5 Å². The van der Waals surface area contributed by atoms with Gasteiger partial charge in [0, 0.05) is 12.3 Å². The molecule has 10 heteroatoms. The molecule has 0 unspecified atom stereocenters. The third-order valence-electron chi connectivity index (χ3n) is 2.63. The van der Waals surface area contributed by atoms with E-state index in [2.05, 4.69) is 20.4 Å². The maximum absolute atomic E-state index is 12.8. The number of pyridine rings is 1. The first kappa shape index (κ1) is 12.7. The van der Waals surface area contributed by atoms with Crippen LogP contribution in [-0.2, 0) is 6.18 Å². The molecule has 3 aromatic rings. The average Bonchev–Trinajstić information content (AvgIpc) is 2.93. The number of halogens is 4. The molecule has 0 aromatic carbocycles. The number of aromatic amines is 1. The van der Waals surface area contributed by atoms with Crippen LogP contribution in [0.5, 0.6) is 0 Å². The lowest BCUT2D eigenvalue weighted by molar-refractivity contribution is -0.137. The summed E-state index contributed by atoms with van der Waals surface area (Å²) in [5, 5.41) is 13.6. The number of nitrogens with zero attached hydrogens (tertiary/aromatic N) is 4. The summed E-state index contributed by atoms with van der Waals surface area (Å²) >= 11 is 5.80. The van der Waals surface area contributed by atoms with E-state index in [4.69, 9.17) is 17.3 Å². The van der Waals surface area contributed by atoms with Crippen LogP contribution in [0.3, 0.4) is 0 Å². The fraction of sp³-hybridized carbons (Fsp3) is 0.100. The molecule has 3 heterocycles. The number of rotatable bonds is 1. The molecule has 0 spiro atoms. The zero-order valence-corrected chi connectivity index (χ0v) is 10.4. The van der Waals surface area contributed by atoms with Crippen molar-refractivity contribution in [2.45, 2.75) is 6.18 Å². The van der Waals surface area contributed by atoms with Gasteiger partial charge in [0.15, 0.2) is 11.5 Å². The maximum atomic E-state index is 12.8. The van der Waals surface area contributed by atoms with Crippen LogP contribution in [0.2, 0.25) is 5.02 Å². The molecule has 104 valence electrons. The summed E-state index contributed by atoms with van der Waals surface area (Å²) in [4.78, 5) is 0. The second kappa shape index (κ2) is 4.10. The predicted octanol–water partition coefficient (Wildman–Crippen LogP) is 2.37. The summed E-state index contributed by atoms with van der Waals surface area (Å²) in [5.74, 6) is 0.326. The molecule has 0 aliphatic heterocycles. The minimum atomic E-state index is -4.52. The molecule has 0 saturated heterocycles. The number of nitrogens with one attached hydrogen (secondary N) is 1. The summed E-state index contributed by atoms with van der Waals surface area (Å²) in [7, 11) is 0. The Bertz CT molecular complexity index is 790. The van der Waals surface area contributed by atoms with Crippen LogP contribution in [0.25, 0.3) is 17.2 Å². The standard InChI is InChI=1S/C10H6ClF3N6/c11-5-1-4(10(12,13)14)3-20-8(5)18-19-9(20)6-2-7(15)17-16-6/h1-3H,(H3,15,16,17). The first-order chi connectivity index (χ1) is 9.36. The van der Waals surface area contributed by atoms with Crippen LogP contribution >= 0.6 is 11.6 Å². The van der Waals surface area contributed by atoms with Crippen molar-refractivity contribution in [3.63, 3.8) is 0 Å². The zero-order valence-electron chi connectivity index (χ0n) is 9.61. The summed E-state index contributed by atoms with van der Waals surface area (Å²) in [6.07, 6.45) is -3.65. The van der Waals surface area contributed by atoms with E-state index in [-0.39, 0.29) is 22.3 Å². The number of hydrogen-bond donors (Lipinski definition) is 2. The first-order valence-corrected chi connectivity index (χ1v) is 5.67. The Morgan fingerprint density at radius 2 is 2.00 bits per heavy atom. The van der Waals surface area contributed by atoms with Crippen molar-refractivity contribution in [2.75, 3.05) is 5.73 Å². The Balaban J connectivity index is 2.27. The maximum Gasteiger partial charge on any atom is 0.417 e. The molecule has 0 aliphatic rings. The van der Waals surface area contributed by atoms with Crippen LogP contribution < -0.4 is 5.73 Å². The third-order valence-corrected chi connectivity index (χ3v) is 2.90. The average molecular weight is 303 g/mol. The predicted molar refractivity (Wildman–Crippen MR) is 65.0 cm³/mol. The van der Waals surface area contributed by atoms with Crippen molar-refractivity contribution in [3.8, 4) is 11.5 Å². The quantitative estimate of drug-likeness (QED) is 0.722. The topological polar surface area (TPSA) is 84.9 Å². The Morgan fingerprint density at radius 3 is 2.60 bits per heavy atom. The van der Waals surface area contributed by atoms with E-state index in [0.717, 1.165) is 16.7 Å². The number of H-pyrrole nitrogens is 1. The van der Waals surface area contributed by atoms with E-state index >= 15 is 0 Å². The molecule has 3 N–H and O–H groups in total. The molecular formula is C10H6ClF3N6. The second-order valence-electron chi connectivity index (χ2n) is 4.00. The highest BCUT2D eigenvalue weighted by atomic mass is 35.5. The van der Waals surface area contributed by atoms with E-state index in [9.17, 15) is 13.2 Å². The monoisotopic (exact) mass is 302 g/mol. The van der Waals surface area contributed by atoms with Crippen LogP contribution in [0, 0.1) is 0 Å². The molecule has 3 rings (SSSR count). The summed E-state index contributed by atoms with van der Waals surface area (Å²) in [6, 6.07) is 2.24. The number of aromatic nitrogens is 5. The largest absolute Gasteiger partial charge is 0.417 e. The zero-order chi connectivity index (χ0) is 14.5. The number of fused-ring (bicyclic) bond motifs is 1. The number of anilines is 1. The molecule has 0 radical (unpaired) electrons. The highest BCUT2D eigenvalue weighted by molar-refractivity contribution is 6.33. The second-order valence-corrected chi connectivity index (χ2v) is 4.41. The molecule has 6 nitrogen and oxygen atoms in total. The van der Waals surface area contributed by atoms with Crippen LogP contribution in [0.15, 0.2) is 18.3 Å². The number of nitrogen functional groups attached to an aromatic ring is 1. The molecular weight excluding hydrogens is 297 g/mol. The Kier molecular flexibility index (Phi) is 2.61. The van der Waals surface area contributed by atoms with Gasteiger partial charge in [0.05, 0.1) is 10.6 Å². The summed E-state index contributed by atoms with van der Waals surface area (Å²) in [5.41, 5.74) is 5.00. The number of alkyl halides is 3. The fourth-order valence-corrected chi connectivity index (χ4v) is 1.99. The van der Waals surface area contributed by atoms with Crippen molar-refractivity contribution in [2.24, 2.45) is 0 Å². The van der Waals surface area contributed by atoms with Gasteiger partial charge in [-0.15, -0.1) is 10.2 Å². The highest BCUT2D eigenvalue weighted by Gasteiger charge is 2.32. The number of nitrogens with two attached hydrogens (primary N) is 1. The first-order valence-electron chi connectivity index (χ1n) is 5.29. The minimum Gasteiger partial charge on any atom is -0.382 e. The Labute approximate surface area is 114 Å². The van der Waals surface area contributed by atoms with Crippen molar-refractivity contribution < 1.29 is 13.2 Å². The van der Waals surface area contributed by atoms with Crippen molar-refractivity contribution in [3.05, 3.63) is 28.9 Å². The van der Waals surface area contributed by atoms with Crippen molar-refractivity contribution in [1.29, 1.82) is 0 Å². The van der Waals surface area contributed by atoms with Crippen LogP contribution in [0.4, 0.5) is 19.0 Å². The minimum absolute atomic E-state index is 0.114. The summed E-state index contributed by atoms with van der Waals surface area (Å²) in [6.45, 7) is 0. The van der Waals surface area contributed by atoms with E-state index < -0.39 is 11.7 Å². The lowest BCUT2D eigenvalue weighted by atomic mass is 10.2. The highest BCUT2D eigenvalue weighted by Crippen LogP contribution is 2.33. The van der Waals surface area contributed by atoms with Crippen molar-refractivity contribution in [1.82, 2.24) is 24.8 Å². The van der Waals surface area contributed by atoms with Gasteiger partial charge in [-0.1, -0.05) is 11.6 Å². The fourth-order valence-electron chi connectivity index (χ4n) is 1.74. The molecule has 3 aromatic heterocycles. The molecule has 0 bridgehead atoms. The van der Waals surface area contributed by atoms with Gasteiger partial charge in [0.25, 0.3) is 0 Å². The van der Waals surface area contributed by atoms with E-state index in [1.54, 1.807) is 0 Å². The van der Waals surface area contributed by atoms with Crippen LogP contribution in [0.1, 0.15) is 5.56 Å². The molecule has 0 saturated carbocycles. The lowest BCUT2D eigenvalue weighted by Gasteiger charge is -2.08. The van der Waals surface area contributed by atoms with Gasteiger partial charge in [-0.05, 0) is 6.07 Å². The smallest absolute Gasteiger partial charge is 0.382 e. The van der Waals surface area contributed by atoms with Gasteiger partial charge in [-0.2, -0.15) is 18.3 Å². The number of hydrogen-bond acceptors (Lipinski definition) is 4. The molecule has 0 aliphatic carbocycles. The van der Waals surface area contributed by atoms with E-state index in [1.165, 1.54) is 6.07 Å². The molecule has 20 heavy (non-hydrogen) atoms. The SMILES string of the molecule is Nc1cc(-c2nnc3c(Cl)cc(C(F)(F)F)cn23)[nH]n1. The summed E-state index contributed by atoms with van der Waals surface area (Å²) < 4.78 is 39.5. The Morgan fingerprint density at radius 1 is 1.25 bits per heavy atom. The van der Waals surface area contributed by atoms with E-state index in [1.807, 2.05) is 0 Å². The lowest BCUT2D eigenvalue weighted by Crippen LogP contribution is -2.07. The third kappa shape index (κ3) is 1.95. The normalized spacial score (nSPS) is 12.2. The molecule has 0 atom stereocenters. The van der Waals surface area contributed by atoms with Gasteiger partial charge in [0.2, 0.25) is 0 Å². The van der Waals surface area contributed by atoms with Crippen LogP contribution in [-0.4, -0.2) is 24.8 Å². The van der Waals surface area contributed by atoms with Crippen molar-refractivity contribution >= 4 is 23.1 Å².